The molecule has 4 rings (SSSR count). The molecule has 160 valence electrons. The topological polar surface area (TPSA) is 98.5 Å². The van der Waals surface area contributed by atoms with Crippen LogP contribution in [0.5, 0.6) is 0 Å². The van der Waals surface area contributed by atoms with Crippen LogP contribution in [0.25, 0.3) is 16.2 Å². The van der Waals surface area contributed by atoms with Crippen molar-refractivity contribution in [3.63, 3.8) is 0 Å². The van der Waals surface area contributed by atoms with Gasteiger partial charge in [-0.15, -0.1) is 32.9 Å². The quantitative estimate of drug-likeness (QED) is 0.313. The highest BCUT2D eigenvalue weighted by Crippen LogP contribution is 2.38. The van der Waals surface area contributed by atoms with Crippen LogP contribution in [0.15, 0.2) is 34.1 Å². The highest BCUT2D eigenvalue weighted by Gasteiger charge is 2.23. The summed E-state index contributed by atoms with van der Waals surface area (Å²) < 4.78 is 7.04. The molecular formula is C20H19N5O3S3. The predicted octanol–water partition coefficient (Wildman–Crippen LogP) is 4.44. The average Bonchev–Trinajstić information content (AvgIpc) is 3.46. The number of thioether (sulfide) groups is 1. The first kappa shape index (κ1) is 21.5. The zero-order valence-corrected chi connectivity index (χ0v) is 19.5. The van der Waals surface area contributed by atoms with E-state index in [1.54, 1.807) is 6.92 Å². The zero-order chi connectivity index (χ0) is 22.0. The van der Waals surface area contributed by atoms with Gasteiger partial charge in [0, 0.05) is 27.2 Å². The van der Waals surface area contributed by atoms with Crippen LogP contribution < -0.4 is 5.32 Å². The van der Waals surface area contributed by atoms with Crippen molar-refractivity contribution in [2.75, 3.05) is 17.7 Å². The average molecular weight is 474 g/mol. The summed E-state index contributed by atoms with van der Waals surface area (Å²) in [6, 6.07) is 5.79. The second-order valence-corrected chi connectivity index (χ2v) is 9.31. The molecule has 0 aliphatic carbocycles. The van der Waals surface area contributed by atoms with Gasteiger partial charge in [-0.1, -0.05) is 17.8 Å². The molecule has 0 fully saturated rings. The van der Waals surface area contributed by atoms with E-state index in [1.807, 2.05) is 47.2 Å². The van der Waals surface area contributed by atoms with Crippen LogP contribution in [0, 0.1) is 13.8 Å². The molecule has 0 bridgehead atoms. The van der Waals surface area contributed by atoms with E-state index in [-0.39, 0.29) is 18.3 Å². The van der Waals surface area contributed by atoms with Gasteiger partial charge >= 0.3 is 5.97 Å². The monoisotopic (exact) mass is 473 g/mol. The number of hydrogen-bond donors (Lipinski definition) is 1. The molecule has 4 heterocycles. The van der Waals surface area contributed by atoms with Gasteiger partial charge in [0.15, 0.2) is 5.16 Å². The third kappa shape index (κ3) is 4.48. The van der Waals surface area contributed by atoms with Gasteiger partial charge in [0.25, 0.3) is 5.78 Å². The SMILES string of the molecule is CCOC(=O)c1c(-c2cccs2)csc1NC(=O)CSc1nnc2nc(C)cc(C)n12. The lowest BCUT2D eigenvalue weighted by Gasteiger charge is -2.08. The number of nitrogens with zero attached hydrogens (tertiary/aromatic N) is 4. The Morgan fingerprint density at radius 2 is 2.10 bits per heavy atom. The van der Waals surface area contributed by atoms with Crippen LogP contribution in [0.4, 0.5) is 5.00 Å². The van der Waals surface area contributed by atoms with Crippen molar-refractivity contribution >= 4 is 57.1 Å². The van der Waals surface area contributed by atoms with Crippen molar-refractivity contribution in [1.29, 1.82) is 0 Å². The lowest BCUT2D eigenvalue weighted by atomic mass is 10.1. The molecule has 0 radical (unpaired) electrons. The van der Waals surface area contributed by atoms with Crippen LogP contribution >= 0.6 is 34.4 Å². The van der Waals surface area contributed by atoms with Gasteiger partial charge in [-0.05, 0) is 38.3 Å². The van der Waals surface area contributed by atoms with Gasteiger partial charge in [0.2, 0.25) is 5.91 Å². The van der Waals surface area contributed by atoms with E-state index in [4.69, 9.17) is 4.74 Å². The number of esters is 1. The number of aryl methyl sites for hydroxylation is 2. The second kappa shape index (κ2) is 9.16. The summed E-state index contributed by atoms with van der Waals surface area (Å²) in [6.45, 7) is 5.85. The Labute approximate surface area is 190 Å². The van der Waals surface area contributed by atoms with Crippen LogP contribution in [0.1, 0.15) is 28.7 Å². The molecule has 11 heteroatoms. The number of hydrogen-bond acceptors (Lipinski definition) is 9. The Balaban J connectivity index is 1.52. The van der Waals surface area contributed by atoms with Crippen LogP contribution in [-0.4, -0.2) is 43.8 Å². The number of amides is 1. The molecule has 8 nitrogen and oxygen atoms in total. The Morgan fingerprint density at radius 1 is 1.26 bits per heavy atom. The molecule has 0 aliphatic heterocycles. The lowest BCUT2D eigenvalue weighted by molar-refractivity contribution is -0.113. The minimum Gasteiger partial charge on any atom is -0.462 e. The summed E-state index contributed by atoms with van der Waals surface area (Å²) in [7, 11) is 0. The number of aromatic nitrogens is 4. The smallest absolute Gasteiger partial charge is 0.341 e. The van der Waals surface area contributed by atoms with Crippen molar-refractivity contribution in [3.05, 3.63) is 45.9 Å². The first-order valence-electron chi connectivity index (χ1n) is 9.42. The molecule has 4 aromatic heterocycles. The molecule has 0 aliphatic rings. The number of carbonyl (C=O) groups is 2. The number of thiophene rings is 2. The number of ether oxygens (including phenoxy) is 1. The fourth-order valence-electron chi connectivity index (χ4n) is 3.06. The van der Waals surface area contributed by atoms with E-state index in [9.17, 15) is 9.59 Å². The zero-order valence-electron chi connectivity index (χ0n) is 17.0. The highest BCUT2D eigenvalue weighted by atomic mass is 32.2. The van der Waals surface area contributed by atoms with Crippen molar-refractivity contribution in [2.24, 2.45) is 0 Å². The summed E-state index contributed by atoms with van der Waals surface area (Å²) in [5.41, 5.74) is 2.95. The number of fused-ring (bicyclic) bond motifs is 1. The predicted molar refractivity (Wildman–Crippen MR) is 123 cm³/mol. The lowest BCUT2D eigenvalue weighted by Crippen LogP contribution is -2.16. The van der Waals surface area contributed by atoms with Crippen LogP contribution in [-0.2, 0) is 9.53 Å². The number of anilines is 1. The van der Waals surface area contributed by atoms with E-state index in [2.05, 4.69) is 20.5 Å². The van der Waals surface area contributed by atoms with Gasteiger partial charge < -0.3 is 10.1 Å². The second-order valence-electron chi connectivity index (χ2n) is 6.55. The molecule has 0 spiro atoms. The minimum atomic E-state index is -0.448. The van der Waals surface area contributed by atoms with Gasteiger partial charge in [-0.25, -0.2) is 9.78 Å². The Kier molecular flexibility index (Phi) is 6.35. The fraction of sp³-hybridized carbons (Fsp3) is 0.250. The van der Waals surface area contributed by atoms with Crippen molar-refractivity contribution in [1.82, 2.24) is 19.6 Å². The summed E-state index contributed by atoms with van der Waals surface area (Å²) in [6.07, 6.45) is 0. The van der Waals surface area contributed by atoms with Gasteiger partial charge in [0.05, 0.1) is 12.4 Å². The first-order chi connectivity index (χ1) is 15.0. The molecule has 0 aromatic carbocycles. The van der Waals surface area contributed by atoms with Crippen molar-refractivity contribution in [2.45, 2.75) is 25.9 Å². The Hall–Kier alpha value is -2.76. The number of rotatable bonds is 7. The molecule has 4 aromatic rings. The van der Waals surface area contributed by atoms with E-state index in [0.717, 1.165) is 21.8 Å². The maximum Gasteiger partial charge on any atom is 0.341 e. The van der Waals surface area contributed by atoms with E-state index in [0.29, 0.717) is 21.5 Å². The highest BCUT2D eigenvalue weighted by molar-refractivity contribution is 7.99. The first-order valence-corrected chi connectivity index (χ1v) is 12.2. The standard InChI is InChI=1S/C20H19N5O3S3/c1-4-28-18(27)16-13(14-6-5-7-29-14)9-30-17(16)22-15(26)10-31-20-24-23-19-21-11(2)8-12(3)25(19)20/h5-9H,4,10H2,1-3H3,(H,22,26). The summed E-state index contributed by atoms with van der Waals surface area (Å²) in [4.78, 5) is 30.5. The third-order valence-corrected chi connectivity index (χ3v) is 7.03. The fourth-order valence-corrected chi connectivity index (χ4v) is 5.63. The summed E-state index contributed by atoms with van der Waals surface area (Å²) in [5.74, 6) is -0.0770. The third-order valence-electron chi connectivity index (χ3n) is 4.31. The van der Waals surface area contributed by atoms with Gasteiger partial charge in [-0.3, -0.25) is 9.20 Å². The molecule has 0 saturated heterocycles. The van der Waals surface area contributed by atoms with Crippen LogP contribution in [0.2, 0.25) is 0 Å². The Bertz CT molecular complexity index is 1250. The summed E-state index contributed by atoms with van der Waals surface area (Å²) >= 11 is 4.10. The van der Waals surface area contributed by atoms with Gasteiger partial charge in [0.1, 0.15) is 10.6 Å². The molecule has 0 unspecified atom stereocenters. The normalized spacial score (nSPS) is 11.1. The van der Waals surface area contributed by atoms with Crippen molar-refractivity contribution < 1.29 is 14.3 Å². The van der Waals surface area contributed by atoms with E-state index in [1.165, 1.54) is 34.4 Å². The van der Waals surface area contributed by atoms with Crippen molar-refractivity contribution in [3.8, 4) is 10.4 Å². The van der Waals surface area contributed by atoms with E-state index >= 15 is 0 Å². The maximum atomic E-state index is 12.7. The Morgan fingerprint density at radius 3 is 2.84 bits per heavy atom. The molecule has 0 saturated carbocycles. The molecule has 1 amide bonds. The molecule has 1 N–H and O–H groups in total. The summed E-state index contributed by atoms with van der Waals surface area (Å²) in [5, 5.41) is 16.0. The van der Waals surface area contributed by atoms with Crippen LogP contribution in [0.3, 0.4) is 0 Å². The largest absolute Gasteiger partial charge is 0.462 e. The maximum absolute atomic E-state index is 12.7. The minimum absolute atomic E-state index is 0.114. The number of carbonyl (C=O) groups excluding carboxylic acids is 2. The van der Waals surface area contributed by atoms with Gasteiger partial charge in [-0.2, -0.15) is 0 Å². The molecular weight excluding hydrogens is 454 g/mol. The molecule has 31 heavy (non-hydrogen) atoms. The van der Waals surface area contributed by atoms with E-state index < -0.39 is 5.97 Å². The molecule has 0 atom stereocenters. The number of nitrogens with one attached hydrogen (secondary N) is 1.